The number of aromatic hydroxyl groups is 2. The van der Waals surface area contributed by atoms with E-state index in [4.69, 9.17) is 5.11 Å². The van der Waals surface area contributed by atoms with Crippen molar-refractivity contribution in [3.63, 3.8) is 0 Å². The summed E-state index contributed by atoms with van der Waals surface area (Å²) in [5.41, 5.74) is 1.02. The first kappa shape index (κ1) is 14.9. The Bertz CT molecular complexity index is 712. The van der Waals surface area contributed by atoms with Crippen LogP contribution in [-0.2, 0) is 6.54 Å². The number of carbonyl (C=O) groups excluding carboxylic acids is 1. The molecule has 0 fully saturated rings. The summed E-state index contributed by atoms with van der Waals surface area (Å²) in [6.45, 7) is 0.0853. The van der Waals surface area contributed by atoms with Crippen molar-refractivity contribution in [3.05, 3.63) is 45.6 Å². The number of phenolic OH excluding ortho intramolecular Hbond substituents is 2. The number of phenols is 2. The second-order valence-electron chi connectivity index (χ2n) is 4.10. The molecule has 21 heavy (non-hydrogen) atoms. The van der Waals surface area contributed by atoms with E-state index in [1.54, 1.807) is 0 Å². The maximum absolute atomic E-state index is 12.0. The zero-order valence-electron chi connectivity index (χ0n) is 11.0. The molecule has 2 rings (SSSR count). The molecule has 1 amide bonds. The molecule has 0 aliphatic heterocycles. The molecule has 0 atom stereocenters. The quantitative estimate of drug-likeness (QED) is 0.510. The third-order valence-corrected chi connectivity index (χ3v) is 3.62. The maximum atomic E-state index is 12.0. The first-order valence-electron chi connectivity index (χ1n) is 6.08. The molecular formula is C15H13NO4S. The molecule has 0 saturated heterocycles. The number of carbonyl (C=O) groups is 1. The van der Waals surface area contributed by atoms with Crippen molar-refractivity contribution >= 4 is 17.2 Å². The Morgan fingerprint density at radius 3 is 2.76 bits per heavy atom. The minimum absolute atomic E-state index is 0.214. The fraction of sp³-hybridized carbons (Fsp3) is 0.133. The smallest absolute Gasteiger partial charge is 0.251 e. The minimum atomic E-state index is -0.361. The Morgan fingerprint density at radius 1 is 1.24 bits per heavy atom. The zero-order chi connectivity index (χ0) is 15.2. The summed E-state index contributed by atoms with van der Waals surface area (Å²) in [6.07, 6.45) is 0. The Hall–Kier alpha value is -2.49. The first-order valence-corrected chi connectivity index (χ1v) is 6.96. The van der Waals surface area contributed by atoms with Gasteiger partial charge in [-0.15, -0.1) is 11.3 Å². The fourth-order valence-corrected chi connectivity index (χ4v) is 2.42. The van der Waals surface area contributed by atoms with Gasteiger partial charge in [0.25, 0.3) is 5.91 Å². The summed E-state index contributed by atoms with van der Waals surface area (Å²) >= 11 is 1.45. The SMILES string of the molecule is O=C(NCc1sccc1C#CCO)c1ccc(O)c(O)c1. The largest absolute Gasteiger partial charge is 0.504 e. The number of benzene rings is 1. The van der Waals surface area contributed by atoms with Crippen LogP contribution in [0.25, 0.3) is 0 Å². The lowest BCUT2D eigenvalue weighted by Crippen LogP contribution is -2.22. The van der Waals surface area contributed by atoms with Gasteiger partial charge in [-0.3, -0.25) is 4.79 Å². The molecule has 1 aromatic carbocycles. The van der Waals surface area contributed by atoms with Gasteiger partial charge in [-0.1, -0.05) is 11.8 Å². The summed E-state index contributed by atoms with van der Waals surface area (Å²) < 4.78 is 0. The van der Waals surface area contributed by atoms with Gasteiger partial charge in [0.2, 0.25) is 0 Å². The van der Waals surface area contributed by atoms with Crippen LogP contribution in [0, 0.1) is 11.8 Å². The predicted molar refractivity (Wildman–Crippen MR) is 79.2 cm³/mol. The topological polar surface area (TPSA) is 89.8 Å². The molecule has 0 aliphatic carbocycles. The number of rotatable bonds is 3. The normalized spacial score (nSPS) is 9.76. The number of hydrogen-bond donors (Lipinski definition) is 4. The molecule has 0 radical (unpaired) electrons. The van der Waals surface area contributed by atoms with Gasteiger partial charge in [-0.2, -0.15) is 0 Å². The third-order valence-electron chi connectivity index (χ3n) is 2.69. The van der Waals surface area contributed by atoms with E-state index in [2.05, 4.69) is 17.2 Å². The first-order chi connectivity index (χ1) is 10.1. The van der Waals surface area contributed by atoms with Crippen LogP contribution in [0.2, 0.25) is 0 Å². The Balaban J connectivity index is 2.04. The van der Waals surface area contributed by atoms with Crippen LogP contribution >= 0.6 is 11.3 Å². The average molecular weight is 303 g/mol. The van der Waals surface area contributed by atoms with Gasteiger partial charge in [0, 0.05) is 16.0 Å². The van der Waals surface area contributed by atoms with Gasteiger partial charge < -0.3 is 20.6 Å². The van der Waals surface area contributed by atoms with Gasteiger partial charge in [0.05, 0.1) is 6.54 Å². The fourth-order valence-electron chi connectivity index (χ4n) is 1.65. The lowest BCUT2D eigenvalue weighted by Gasteiger charge is -2.05. The van der Waals surface area contributed by atoms with E-state index in [-0.39, 0.29) is 29.6 Å². The van der Waals surface area contributed by atoms with Crippen LogP contribution in [-0.4, -0.2) is 27.8 Å². The summed E-state index contributed by atoms with van der Waals surface area (Å²) in [4.78, 5) is 12.8. The second-order valence-corrected chi connectivity index (χ2v) is 5.10. The van der Waals surface area contributed by atoms with Crippen molar-refractivity contribution in [1.29, 1.82) is 0 Å². The maximum Gasteiger partial charge on any atom is 0.251 e. The van der Waals surface area contributed by atoms with E-state index in [0.717, 1.165) is 10.4 Å². The van der Waals surface area contributed by atoms with Gasteiger partial charge >= 0.3 is 0 Å². The monoisotopic (exact) mass is 303 g/mol. The summed E-state index contributed by atoms with van der Waals surface area (Å²) in [6, 6.07) is 5.70. The van der Waals surface area contributed by atoms with Crippen LogP contribution in [0.5, 0.6) is 11.5 Å². The van der Waals surface area contributed by atoms with Gasteiger partial charge in [-0.05, 0) is 29.6 Å². The van der Waals surface area contributed by atoms with E-state index >= 15 is 0 Å². The molecule has 0 bridgehead atoms. The number of nitrogens with one attached hydrogen (secondary N) is 1. The van der Waals surface area contributed by atoms with Crippen molar-refractivity contribution in [3.8, 4) is 23.3 Å². The highest BCUT2D eigenvalue weighted by atomic mass is 32.1. The molecule has 1 aromatic heterocycles. The average Bonchev–Trinajstić information content (AvgIpc) is 2.92. The number of hydrogen-bond acceptors (Lipinski definition) is 5. The number of amides is 1. The van der Waals surface area contributed by atoms with Gasteiger partial charge in [0.15, 0.2) is 11.5 Å². The van der Waals surface area contributed by atoms with E-state index in [9.17, 15) is 15.0 Å². The van der Waals surface area contributed by atoms with Crippen molar-refractivity contribution in [1.82, 2.24) is 5.32 Å². The Labute approximate surface area is 125 Å². The second kappa shape index (κ2) is 6.79. The highest BCUT2D eigenvalue weighted by Crippen LogP contribution is 2.24. The molecule has 2 aromatic rings. The number of aliphatic hydroxyl groups is 1. The summed E-state index contributed by atoms with van der Waals surface area (Å²) in [5, 5.41) is 31.8. The zero-order valence-corrected chi connectivity index (χ0v) is 11.8. The van der Waals surface area contributed by atoms with Crippen LogP contribution in [0.3, 0.4) is 0 Å². The molecule has 6 heteroatoms. The highest BCUT2D eigenvalue weighted by Gasteiger charge is 2.10. The molecule has 0 saturated carbocycles. The van der Waals surface area contributed by atoms with Gasteiger partial charge in [0.1, 0.15) is 6.61 Å². The predicted octanol–water partition coefficient (Wildman–Crippen LogP) is 1.43. The van der Waals surface area contributed by atoms with Crippen LogP contribution in [0.15, 0.2) is 29.6 Å². The van der Waals surface area contributed by atoms with Crippen molar-refractivity contribution in [2.75, 3.05) is 6.61 Å². The van der Waals surface area contributed by atoms with E-state index in [1.165, 1.54) is 29.5 Å². The molecule has 108 valence electrons. The highest BCUT2D eigenvalue weighted by molar-refractivity contribution is 7.10. The van der Waals surface area contributed by atoms with Crippen molar-refractivity contribution in [2.45, 2.75) is 6.54 Å². The van der Waals surface area contributed by atoms with E-state index in [1.807, 2.05) is 11.4 Å². The number of thiophene rings is 1. The van der Waals surface area contributed by atoms with Crippen LogP contribution < -0.4 is 5.32 Å². The Kier molecular flexibility index (Phi) is 4.82. The van der Waals surface area contributed by atoms with Crippen LogP contribution in [0.4, 0.5) is 0 Å². The van der Waals surface area contributed by atoms with Crippen molar-refractivity contribution < 1.29 is 20.1 Å². The minimum Gasteiger partial charge on any atom is -0.504 e. The van der Waals surface area contributed by atoms with E-state index in [0.29, 0.717) is 6.54 Å². The summed E-state index contributed by atoms with van der Waals surface area (Å²) in [7, 11) is 0. The van der Waals surface area contributed by atoms with Gasteiger partial charge in [-0.25, -0.2) is 0 Å². The standard InChI is InChI=1S/C15H13NO4S/c17-6-1-2-10-5-7-21-14(10)9-16-15(20)11-3-4-12(18)13(19)8-11/h3-5,7-8,17-19H,6,9H2,(H,16,20). The van der Waals surface area contributed by atoms with E-state index < -0.39 is 0 Å². The molecule has 0 aliphatic rings. The lowest BCUT2D eigenvalue weighted by atomic mass is 10.2. The molecule has 0 spiro atoms. The van der Waals surface area contributed by atoms with Crippen LogP contribution in [0.1, 0.15) is 20.8 Å². The molecule has 5 nitrogen and oxygen atoms in total. The third kappa shape index (κ3) is 3.75. The summed E-state index contributed by atoms with van der Waals surface area (Å²) in [5.74, 6) is 4.40. The molecular weight excluding hydrogens is 290 g/mol. The molecule has 0 unspecified atom stereocenters. The lowest BCUT2D eigenvalue weighted by molar-refractivity contribution is 0.0951. The molecule has 4 N–H and O–H groups in total. The molecule has 1 heterocycles. The number of aliphatic hydroxyl groups excluding tert-OH is 1. The Morgan fingerprint density at radius 2 is 2.05 bits per heavy atom. The van der Waals surface area contributed by atoms with Crippen molar-refractivity contribution in [2.24, 2.45) is 0 Å².